The van der Waals surface area contributed by atoms with Crippen molar-refractivity contribution in [3.05, 3.63) is 24.3 Å². The monoisotopic (exact) mass is 172 g/mol. The Balaban J connectivity index is 2.69. The molecule has 5 heteroatoms. The van der Waals surface area contributed by atoms with Crippen LogP contribution in [0.4, 0.5) is 0 Å². The van der Waals surface area contributed by atoms with Crippen LogP contribution in [0.15, 0.2) is 18.6 Å². The van der Waals surface area contributed by atoms with Crippen LogP contribution >= 0.6 is 11.6 Å². The van der Waals surface area contributed by atoms with Gasteiger partial charge in [-0.1, -0.05) is 11.6 Å². The fraction of sp³-hybridized carbons (Fsp3) is 0.167. The van der Waals surface area contributed by atoms with Crippen LogP contribution in [-0.4, -0.2) is 22.0 Å². The zero-order valence-electron chi connectivity index (χ0n) is 5.53. The Bertz CT molecular complexity index is 240. The van der Waals surface area contributed by atoms with Crippen LogP contribution in [0.5, 0.6) is 0 Å². The third kappa shape index (κ3) is 2.16. The molecule has 0 aliphatic carbocycles. The summed E-state index contributed by atoms with van der Waals surface area (Å²) in [6, 6.07) is -0.171. The molecule has 0 bridgehead atoms. The van der Waals surface area contributed by atoms with E-state index in [-0.39, 0.29) is 11.8 Å². The first-order valence-electron chi connectivity index (χ1n) is 2.83. The lowest BCUT2D eigenvalue weighted by Crippen LogP contribution is -2.05. The van der Waals surface area contributed by atoms with E-state index >= 15 is 0 Å². The number of alkyl halides is 1. The van der Waals surface area contributed by atoms with Gasteiger partial charge in [-0.25, -0.2) is 9.78 Å². The van der Waals surface area contributed by atoms with Crippen molar-refractivity contribution in [3.8, 4) is 0 Å². The summed E-state index contributed by atoms with van der Waals surface area (Å²) in [5.74, 6) is -0.562. The molecule has 0 aromatic carbocycles. The van der Waals surface area contributed by atoms with E-state index in [9.17, 15) is 4.79 Å². The van der Waals surface area contributed by atoms with Crippen molar-refractivity contribution in [2.45, 2.75) is 0 Å². The van der Waals surface area contributed by atoms with Gasteiger partial charge in [0.1, 0.15) is 0 Å². The highest BCUT2D eigenvalue weighted by Gasteiger charge is 2.06. The molecule has 0 spiro atoms. The molecule has 1 aromatic rings. The summed E-state index contributed by atoms with van der Waals surface area (Å²) in [6.45, 7) is 0. The topological polar surface area (TPSA) is 52.1 Å². The van der Waals surface area contributed by atoms with Gasteiger partial charge in [-0.15, -0.1) is 0 Å². The minimum absolute atomic E-state index is 0.160. The summed E-state index contributed by atoms with van der Waals surface area (Å²) in [4.78, 5) is 18.2. The van der Waals surface area contributed by atoms with Crippen LogP contribution in [0, 0.1) is 0 Å². The normalized spacial score (nSPS) is 9.18. The summed E-state index contributed by atoms with van der Waals surface area (Å²) in [6.07, 6.45) is 4.19. The zero-order valence-corrected chi connectivity index (χ0v) is 6.28. The second kappa shape index (κ2) is 3.88. The number of carbonyl (C=O) groups is 1. The number of esters is 1. The Morgan fingerprint density at radius 1 is 1.64 bits per heavy atom. The van der Waals surface area contributed by atoms with Gasteiger partial charge in [0.05, 0.1) is 6.20 Å². The highest BCUT2D eigenvalue weighted by Crippen LogP contribution is 1.94. The third-order valence-electron chi connectivity index (χ3n) is 0.958. The molecule has 0 saturated carbocycles. The number of aromatic nitrogens is 2. The molecule has 0 atom stereocenters. The minimum atomic E-state index is -0.562. The largest absolute Gasteiger partial charge is 0.445 e. The molecule has 0 radical (unpaired) electrons. The van der Waals surface area contributed by atoms with Crippen molar-refractivity contribution >= 4 is 17.6 Å². The van der Waals surface area contributed by atoms with Crippen molar-refractivity contribution in [1.29, 1.82) is 0 Å². The molecule has 58 valence electrons. The summed E-state index contributed by atoms with van der Waals surface area (Å²) < 4.78 is 4.45. The second-order valence-electron chi connectivity index (χ2n) is 1.63. The molecule has 0 unspecified atom stereocenters. The van der Waals surface area contributed by atoms with Gasteiger partial charge in [-0.3, -0.25) is 4.98 Å². The standard InChI is InChI=1S/C6H5ClN2O2/c7-4-11-6(10)5-3-8-1-2-9-5/h1-3H,4H2. The van der Waals surface area contributed by atoms with Crippen LogP contribution in [0.1, 0.15) is 10.5 Å². The van der Waals surface area contributed by atoms with Gasteiger partial charge in [0.25, 0.3) is 0 Å². The molecule has 0 aliphatic heterocycles. The predicted octanol–water partition coefficient (Wildman–Crippen LogP) is 0.830. The lowest BCUT2D eigenvalue weighted by Gasteiger charge is -1.96. The Morgan fingerprint density at radius 3 is 3.00 bits per heavy atom. The van der Waals surface area contributed by atoms with Crippen molar-refractivity contribution in [3.63, 3.8) is 0 Å². The Kier molecular flexibility index (Phi) is 2.80. The number of nitrogens with zero attached hydrogens (tertiary/aromatic N) is 2. The van der Waals surface area contributed by atoms with E-state index in [1.54, 1.807) is 0 Å². The van der Waals surface area contributed by atoms with E-state index in [4.69, 9.17) is 11.6 Å². The first-order chi connectivity index (χ1) is 5.34. The number of rotatable bonds is 2. The number of ether oxygens (including phenoxy) is 1. The summed E-state index contributed by atoms with van der Waals surface area (Å²) in [5, 5.41) is 0. The molecule has 0 saturated heterocycles. The molecule has 1 heterocycles. The van der Waals surface area contributed by atoms with Gasteiger partial charge in [0.15, 0.2) is 11.8 Å². The lowest BCUT2D eigenvalue weighted by molar-refractivity contribution is 0.0567. The van der Waals surface area contributed by atoms with Crippen LogP contribution in [0.3, 0.4) is 0 Å². The fourth-order valence-corrected chi connectivity index (χ4v) is 0.627. The van der Waals surface area contributed by atoms with E-state index < -0.39 is 5.97 Å². The molecule has 11 heavy (non-hydrogen) atoms. The van der Waals surface area contributed by atoms with Crippen molar-refractivity contribution < 1.29 is 9.53 Å². The van der Waals surface area contributed by atoms with Crippen molar-refractivity contribution in [2.75, 3.05) is 6.07 Å². The van der Waals surface area contributed by atoms with Gasteiger partial charge < -0.3 is 4.74 Å². The third-order valence-corrected chi connectivity index (χ3v) is 1.07. The zero-order chi connectivity index (χ0) is 8.10. The number of halogens is 1. The average molecular weight is 173 g/mol. The summed E-state index contributed by atoms with van der Waals surface area (Å²) >= 11 is 5.16. The number of hydrogen-bond acceptors (Lipinski definition) is 4. The smallest absolute Gasteiger partial charge is 0.359 e. The first-order valence-corrected chi connectivity index (χ1v) is 3.37. The Morgan fingerprint density at radius 2 is 2.45 bits per heavy atom. The average Bonchev–Trinajstić information content (AvgIpc) is 2.07. The Hall–Kier alpha value is -1.16. The highest BCUT2D eigenvalue weighted by atomic mass is 35.5. The SMILES string of the molecule is O=C(OCCl)c1cnccn1. The molecule has 1 aromatic heterocycles. The summed E-state index contributed by atoms with van der Waals surface area (Å²) in [7, 11) is 0. The molecule has 4 nitrogen and oxygen atoms in total. The molecular formula is C6H5ClN2O2. The second-order valence-corrected chi connectivity index (χ2v) is 1.85. The molecule has 0 N–H and O–H groups in total. The van der Waals surface area contributed by atoms with Crippen molar-refractivity contribution in [1.82, 2.24) is 9.97 Å². The van der Waals surface area contributed by atoms with Gasteiger partial charge in [-0.2, -0.15) is 0 Å². The van der Waals surface area contributed by atoms with Crippen LogP contribution < -0.4 is 0 Å². The molecular weight excluding hydrogens is 168 g/mol. The van der Waals surface area contributed by atoms with Crippen LogP contribution in [0.25, 0.3) is 0 Å². The maximum atomic E-state index is 10.8. The molecule has 1 rings (SSSR count). The van der Waals surface area contributed by atoms with Crippen molar-refractivity contribution in [2.24, 2.45) is 0 Å². The van der Waals surface area contributed by atoms with Gasteiger partial charge >= 0.3 is 5.97 Å². The lowest BCUT2D eigenvalue weighted by atomic mass is 10.5. The van der Waals surface area contributed by atoms with Crippen LogP contribution in [0.2, 0.25) is 0 Å². The molecule has 0 amide bonds. The van der Waals surface area contributed by atoms with E-state index in [2.05, 4.69) is 14.7 Å². The maximum absolute atomic E-state index is 10.8. The number of carbonyl (C=O) groups excluding carboxylic acids is 1. The quantitative estimate of drug-likeness (QED) is 0.490. The summed E-state index contributed by atoms with van der Waals surface area (Å²) in [5.41, 5.74) is 0.160. The van der Waals surface area contributed by atoms with E-state index in [0.717, 1.165) is 0 Å². The first kappa shape index (κ1) is 7.94. The fourth-order valence-electron chi connectivity index (χ4n) is 0.528. The van der Waals surface area contributed by atoms with Gasteiger partial charge in [0, 0.05) is 12.4 Å². The van der Waals surface area contributed by atoms with E-state index in [1.165, 1.54) is 18.6 Å². The number of hydrogen-bond donors (Lipinski definition) is 0. The van der Waals surface area contributed by atoms with Crippen LogP contribution in [-0.2, 0) is 4.74 Å². The molecule has 0 aliphatic rings. The minimum Gasteiger partial charge on any atom is -0.445 e. The molecule has 0 fully saturated rings. The van der Waals surface area contributed by atoms with E-state index in [1.807, 2.05) is 0 Å². The Labute approximate surface area is 68.2 Å². The van der Waals surface area contributed by atoms with E-state index in [0.29, 0.717) is 0 Å². The highest BCUT2D eigenvalue weighted by molar-refractivity contribution is 6.17. The maximum Gasteiger partial charge on any atom is 0.359 e. The van der Waals surface area contributed by atoms with Gasteiger partial charge in [-0.05, 0) is 0 Å². The predicted molar refractivity (Wildman–Crippen MR) is 38.2 cm³/mol. The van der Waals surface area contributed by atoms with Gasteiger partial charge in [0.2, 0.25) is 0 Å².